The zero-order valence-corrected chi connectivity index (χ0v) is 14.4. The molecule has 2 aliphatic heterocycles. The number of hydrogen-bond donors (Lipinski definition) is 0. The Bertz CT molecular complexity index is 631. The van der Waals surface area contributed by atoms with E-state index in [1.165, 1.54) is 31.0 Å². The Morgan fingerprint density at radius 1 is 1.27 bits per heavy atom. The maximum Gasteiger partial charge on any atom is 0.247 e. The third-order valence-electron chi connectivity index (χ3n) is 5.69. The van der Waals surface area contributed by atoms with Gasteiger partial charge in [-0.15, -0.1) is 0 Å². The van der Waals surface area contributed by atoms with Gasteiger partial charge in [-0.25, -0.2) is 8.42 Å². The summed E-state index contributed by atoms with van der Waals surface area (Å²) in [5.41, 5.74) is 0. The van der Waals surface area contributed by atoms with Crippen molar-refractivity contribution in [1.29, 1.82) is 0 Å². The number of sulfone groups is 1. The van der Waals surface area contributed by atoms with Crippen molar-refractivity contribution in [2.24, 2.45) is 16.8 Å². The fourth-order valence-corrected chi connectivity index (χ4v) is 8.71. The average molecular weight is 342 g/mol. The highest BCUT2D eigenvalue weighted by atomic mass is 32.2. The van der Waals surface area contributed by atoms with Crippen molar-refractivity contribution in [3.63, 3.8) is 0 Å². The van der Waals surface area contributed by atoms with Crippen molar-refractivity contribution in [2.75, 3.05) is 11.5 Å². The van der Waals surface area contributed by atoms with E-state index in [-0.39, 0.29) is 28.7 Å². The Morgan fingerprint density at radius 2 is 2.09 bits per heavy atom. The summed E-state index contributed by atoms with van der Waals surface area (Å²) in [4.78, 5) is 18.3. The number of carbonyl (C=O) groups excluding carboxylic acids is 1. The molecular weight excluding hydrogens is 320 g/mol. The number of rotatable bonds is 2. The molecule has 0 radical (unpaired) electrons. The lowest BCUT2D eigenvalue weighted by atomic mass is 9.93. The first-order valence-corrected chi connectivity index (χ1v) is 10.9. The van der Waals surface area contributed by atoms with Crippen LogP contribution in [0.15, 0.2) is 4.99 Å². The van der Waals surface area contributed by atoms with Gasteiger partial charge < -0.3 is 4.90 Å². The van der Waals surface area contributed by atoms with Crippen LogP contribution in [0.3, 0.4) is 0 Å². The van der Waals surface area contributed by atoms with Crippen LogP contribution in [0.1, 0.15) is 39.0 Å². The van der Waals surface area contributed by atoms with E-state index < -0.39 is 9.84 Å². The third-order valence-corrected chi connectivity index (χ3v) is 8.91. The van der Waals surface area contributed by atoms with Gasteiger partial charge in [-0.3, -0.25) is 4.79 Å². The van der Waals surface area contributed by atoms with Gasteiger partial charge in [0.1, 0.15) is 0 Å². The number of amides is 1. The van der Waals surface area contributed by atoms with Crippen LogP contribution in [0.5, 0.6) is 0 Å². The highest BCUT2D eigenvalue weighted by molar-refractivity contribution is 8.15. The van der Waals surface area contributed by atoms with Gasteiger partial charge in [-0.1, -0.05) is 25.1 Å². The quantitative estimate of drug-likeness (QED) is 0.764. The summed E-state index contributed by atoms with van der Waals surface area (Å²) in [7, 11) is -2.94. The van der Waals surface area contributed by atoms with Crippen LogP contribution in [0.4, 0.5) is 0 Å². The molecule has 4 fully saturated rings. The van der Waals surface area contributed by atoms with Crippen LogP contribution in [0.2, 0.25) is 0 Å². The summed E-state index contributed by atoms with van der Waals surface area (Å²) in [5.74, 6) is 1.82. The molecule has 122 valence electrons. The van der Waals surface area contributed by atoms with Crippen molar-refractivity contribution in [1.82, 2.24) is 4.90 Å². The van der Waals surface area contributed by atoms with Crippen LogP contribution >= 0.6 is 11.8 Å². The Hall–Kier alpha value is -0.560. The molecule has 0 spiro atoms. The van der Waals surface area contributed by atoms with Crippen molar-refractivity contribution in [3.8, 4) is 0 Å². The molecule has 2 saturated carbocycles. The first-order chi connectivity index (χ1) is 10.5. The minimum Gasteiger partial charge on any atom is -0.343 e. The fraction of sp³-hybridized carbons (Fsp3) is 0.867. The molecule has 0 aromatic heterocycles. The lowest BCUT2D eigenvalue weighted by molar-refractivity contribution is -0.117. The van der Waals surface area contributed by atoms with Crippen molar-refractivity contribution in [2.45, 2.75) is 56.4 Å². The molecule has 22 heavy (non-hydrogen) atoms. The number of amidine groups is 1. The SMILES string of the molecule is CCC(=O)N=C1S[C@@H]2CS(=O)(=O)C[C@H]2N1[C@@H]1C[C@H]2CC[C@H]1C2. The molecular formula is C15H22N2O3S2. The van der Waals surface area contributed by atoms with Gasteiger partial charge in [-0.2, -0.15) is 4.99 Å². The van der Waals surface area contributed by atoms with E-state index in [2.05, 4.69) is 9.89 Å². The topological polar surface area (TPSA) is 66.8 Å². The van der Waals surface area contributed by atoms with Gasteiger partial charge >= 0.3 is 0 Å². The predicted octanol–water partition coefficient (Wildman–Crippen LogP) is 1.68. The molecule has 4 aliphatic rings. The van der Waals surface area contributed by atoms with Crippen LogP contribution in [0, 0.1) is 11.8 Å². The molecule has 2 bridgehead atoms. The Kier molecular flexibility index (Phi) is 3.56. The summed E-state index contributed by atoms with van der Waals surface area (Å²) in [6.45, 7) is 1.82. The van der Waals surface area contributed by atoms with Crippen LogP contribution in [0.25, 0.3) is 0 Å². The molecule has 5 atom stereocenters. The zero-order chi connectivity index (χ0) is 15.5. The summed E-state index contributed by atoms with van der Waals surface area (Å²) < 4.78 is 24.0. The third kappa shape index (κ3) is 2.40. The first-order valence-electron chi connectivity index (χ1n) is 8.24. The van der Waals surface area contributed by atoms with Crippen molar-refractivity contribution >= 4 is 32.7 Å². The van der Waals surface area contributed by atoms with E-state index in [1.807, 2.05) is 6.92 Å². The number of hydrogen-bond acceptors (Lipinski definition) is 4. The molecule has 0 aromatic rings. The van der Waals surface area contributed by atoms with Gasteiger partial charge in [0.05, 0.1) is 17.5 Å². The summed E-state index contributed by atoms with van der Waals surface area (Å²) in [6, 6.07) is 0.431. The number of aliphatic imine (C=N–C) groups is 1. The summed E-state index contributed by atoms with van der Waals surface area (Å²) >= 11 is 1.53. The van der Waals surface area contributed by atoms with E-state index in [0.29, 0.717) is 18.4 Å². The first kappa shape index (κ1) is 15.0. The van der Waals surface area contributed by atoms with Gasteiger partial charge in [0.15, 0.2) is 15.0 Å². The number of carbonyl (C=O) groups is 1. The molecule has 7 heteroatoms. The largest absolute Gasteiger partial charge is 0.343 e. The maximum atomic E-state index is 12.0. The summed E-state index contributed by atoms with van der Waals surface area (Å²) in [5, 5.41) is 0.863. The minimum atomic E-state index is -2.94. The molecule has 0 unspecified atom stereocenters. The van der Waals surface area contributed by atoms with Crippen molar-refractivity contribution < 1.29 is 13.2 Å². The predicted molar refractivity (Wildman–Crippen MR) is 87.6 cm³/mol. The Balaban J connectivity index is 1.66. The highest BCUT2D eigenvalue weighted by Crippen LogP contribution is 2.51. The summed E-state index contributed by atoms with van der Waals surface area (Å²) in [6.07, 6.45) is 5.38. The van der Waals surface area contributed by atoms with Crippen LogP contribution in [-0.4, -0.2) is 53.2 Å². The number of fused-ring (bicyclic) bond motifs is 3. The van der Waals surface area contributed by atoms with Gasteiger partial charge in [0, 0.05) is 17.7 Å². The Morgan fingerprint density at radius 3 is 2.73 bits per heavy atom. The van der Waals surface area contributed by atoms with Gasteiger partial charge in [0.2, 0.25) is 5.91 Å². The lowest BCUT2D eigenvalue weighted by Gasteiger charge is -2.36. The molecule has 2 aliphatic carbocycles. The van der Waals surface area contributed by atoms with Crippen molar-refractivity contribution in [3.05, 3.63) is 0 Å². The van der Waals surface area contributed by atoms with E-state index >= 15 is 0 Å². The fourth-order valence-electron chi connectivity index (χ4n) is 4.72. The standard InChI is InChI=1S/C15H22N2O3S2/c1-2-14(18)16-15-17(11-6-9-3-4-10(11)5-9)12-7-22(19,20)8-13(12)21-15/h9-13H,2-8H2,1H3/t9-,10-,11+,12+,13+/m0/s1. The van der Waals surface area contributed by atoms with Gasteiger partial charge in [-0.05, 0) is 31.1 Å². The van der Waals surface area contributed by atoms with E-state index in [9.17, 15) is 13.2 Å². The van der Waals surface area contributed by atoms with Crippen LogP contribution < -0.4 is 0 Å². The molecule has 2 heterocycles. The molecule has 0 N–H and O–H groups in total. The molecule has 2 saturated heterocycles. The second-order valence-corrected chi connectivity index (χ2v) is 10.5. The molecule has 0 aromatic carbocycles. The lowest BCUT2D eigenvalue weighted by Crippen LogP contribution is -2.47. The second kappa shape index (κ2) is 5.23. The normalized spacial score (nSPS) is 44.0. The van der Waals surface area contributed by atoms with E-state index in [4.69, 9.17) is 0 Å². The minimum absolute atomic E-state index is 0.0303. The van der Waals surface area contributed by atoms with Crippen LogP contribution in [-0.2, 0) is 14.6 Å². The molecule has 4 rings (SSSR count). The maximum absolute atomic E-state index is 12.0. The number of thioether (sulfide) groups is 1. The average Bonchev–Trinajstić information content (AvgIpc) is 3.17. The van der Waals surface area contributed by atoms with E-state index in [1.54, 1.807) is 0 Å². The highest BCUT2D eigenvalue weighted by Gasteiger charge is 2.54. The molecule has 1 amide bonds. The molecule has 5 nitrogen and oxygen atoms in total. The second-order valence-electron chi connectivity index (χ2n) is 7.09. The zero-order valence-electron chi connectivity index (χ0n) is 12.8. The van der Waals surface area contributed by atoms with Gasteiger partial charge in [0.25, 0.3) is 0 Å². The number of nitrogens with zero attached hydrogens (tertiary/aromatic N) is 2. The van der Waals surface area contributed by atoms with E-state index in [0.717, 1.165) is 17.5 Å². The Labute approximate surface area is 135 Å². The smallest absolute Gasteiger partial charge is 0.247 e. The monoisotopic (exact) mass is 342 g/mol.